The lowest BCUT2D eigenvalue weighted by Gasteiger charge is -2.43. The minimum absolute atomic E-state index is 0.00653. The molecule has 0 aromatic rings. The van der Waals surface area contributed by atoms with Gasteiger partial charge < -0.3 is 19.3 Å². The SMILES string of the molecule is C[C@H](OC1CCOC2(CCOCC2)C1)C(=O)O. The smallest absolute Gasteiger partial charge is 0.332 e. The summed E-state index contributed by atoms with van der Waals surface area (Å²) in [4.78, 5) is 10.8. The Morgan fingerprint density at radius 1 is 1.41 bits per heavy atom. The molecule has 2 heterocycles. The minimum atomic E-state index is -0.905. The van der Waals surface area contributed by atoms with Crippen LogP contribution in [0.5, 0.6) is 0 Å². The van der Waals surface area contributed by atoms with Crippen LogP contribution in [0.4, 0.5) is 0 Å². The average molecular weight is 244 g/mol. The van der Waals surface area contributed by atoms with E-state index in [9.17, 15) is 4.79 Å². The van der Waals surface area contributed by atoms with Gasteiger partial charge in [-0.05, 0) is 26.2 Å². The lowest BCUT2D eigenvalue weighted by atomic mass is 9.85. The van der Waals surface area contributed by atoms with Gasteiger partial charge in [-0.15, -0.1) is 0 Å². The van der Waals surface area contributed by atoms with Crippen molar-refractivity contribution >= 4 is 5.97 Å². The van der Waals surface area contributed by atoms with Gasteiger partial charge >= 0.3 is 5.97 Å². The summed E-state index contributed by atoms with van der Waals surface area (Å²) >= 11 is 0. The second kappa shape index (κ2) is 5.33. The Morgan fingerprint density at radius 3 is 2.76 bits per heavy atom. The van der Waals surface area contributed by atoms with Crippen LogP contribution in [0.25, 0.3) is 0 Å². The molecule has 2 saturated heterocycles. The first kappa shape index (κ1) is 12.8. The van der Waals surface area contributed by atoms with Crippen LogP contribution in [0.1, 0.15) is 32.6 Å². The molecule has 0 radical (unpaired) electrons. The van der Waals surface area contributed by atoms with Crippen LogP contribution in [-0.4, -0.2) is 48.7 Å². The Labute approximate surface area is 101 Å². The fourth-order valence-corrected chi connectivity index (χ4v) is 2.54. The second-order valence-corrected chi connectivity index (χ2v) is 4.88. The van der Waals surface area contributed by atoms with E-state index in [1.165, 1.54) is 0 Å². The molecule has 0 aromatic heterocycles. The number of aliphatic carboxylic acids is 1. The molecule has 17 heavy (non-hydrogen) atoms. The van der Waals surface area contributed by atoms with Gasteiger partial charge in [0.15, 0.2) is 6.10 Å². The van der Waals surface area contributed by atoms with Crippen molar-refractivity contribution in [3.63, 3.8) is 0 Å². The monoisotopic (exact) mass is 244 g/mol. The molecule has 5 nitrogen and oxygen atoms in total. The van der Waals surface area contributed by atoms with Crippen LogP contribution in [0.2, 0.25) is 0 Å². The maximum absolute atomic E-state index is 10.8. The molecule has 2 atom stereocenters. The second-order valence-electron chi connectivity index (χ2n) is 4.88. The van der Waals surface area contributed by atoms with Gasteiger partial charge in [-0.25, -0.2) is 4.79 Å². The summed E-state index contributed by atoms with van der Waals surface area (Å²) in [5.74, 6) is -0.905. The predicted octanol–water partition coefficient (Wildman–Crippen LogP) is 1.20. The zero-order valence-corrected chi connectivity index (χ0v) is 10.2. The van der Waals surface area contributed by atoms with Gasteiger partial charge in [0.2, 0.25) is 0 Å². The first-order valence-electron chi connectivity index (χ1n) is 6.21. The van der Waals surface area contributed by atoms with Gasteiger partial charge in [0.05, 0.1) is 11.7 Å². The Kier molecular flexibility index (Phi) is 4.01. The van der Waals surface area contributed by atoms with Crippen molar-refractivity contribution in [3.8, 4) is 0 Å². The summed E-state index contributed by atoms with van der Waals surface area (Å²) in [7, 11) is 0. The first-order valence-corrected chi connectivity index (χ1v) is 6.21. The van der Waals surface area contributed by atoms with Crippen LogP contribution in [0, 0.1) is 0 Å². The van der Waals surface area contributed by atoms with E-state index in [1.807, 2.05) is 0 Å². The zero-order chi connectivity index (χ0) is 12.3. The third-order valence-corrected chi connectivity index (χ3v) is 3.60. The quantitative estimate of drug-likeness (QED) is 0.808. The van der Waals surface area contributed by atoms with Crippen LogP contribution in [-0.2, 0) is 19.0 Å². The first-order chi connectivity index (χ1) is 8.11. The zero-order valence-electron chi connectivity index (χ0n) is 10.2. The van der Waals surface area contributed by atoms with E-state index in [0.717, 1.165) is 38.9 Å². The number of rotatable bonds is 3. The molecule has 0 bridgehead atoms. The molecule has 0 saturated carbocycles. The normalized spacial score (nSPS) is 30.1. The fraction of sp³-hybridized carbons (Fsp3) is 0.917. The molecule has 0 amide bonds. The van der Waals surface area contributed by atoms with Crippen molar-refractivity contribution in [3.05, 3.63) is 0 Å². The molecular weight excluding hydrogens is 224 g/mol. The molecule has 5 heteroatoms. The minimum Gasteiger partial charge on any atom is -0.479 e. The molecule has 98 valence electrons. The molecule has 2 aliphatic heterocycles. The van der Waals surface area contributed by atoms with Crippen molar-refractivity contribution in [2.24, 2.45) is 0 Å². The van der Waals surface area contributed by atoms with Gasteiger partial charge in [-0.3, -0.25) is 0 Å². The van der Waals surface area contributed by atoms with E-state index in [0.29, 0.717) is 6.61 Å². The van der Waals surface area contributed by atoms with Gasteiger partial charge in [0.25, 0.3) is 0 Å². The fourth-order valence-electron chi connectivity index (χ4n) is 2.54. The Hall–Kier alpha value is -0.650. The van der Waals surface area contributed by atoms with Crippen LogP contribution in [0.3, 0.4) is 0 Å². The molecular formula is C12H20O5. The van der Waals surface area contributed by atoms with E-state index in [2.05, 4.69) is 0 Å². The van der Waals surface area contributed by atoms with Crippen molar-refractivity contribution in [2.75, 3.05) is 19.8 Å². The number of hydrogen-bond donors (Lipinski definition) is 1. The Morgan fingerprint density at radius 2 is 2.12 bits per heavy atom. The van der Waals surface area contributed by atoms with Crippen molar-refractivity contribution < 1.29 is 24.1 Å². The number of carboxylic acid groups (broad SMARTS) is 1. The van der Waals surface area contributed by atoms with Gasteiger partial charge in [0.1, 0.15) is 0 Å². The predicted molar refractivity (Wildman–Crippen MR) is 59.9 cm³/mol. The summed E-state index contributed by atoms with van der Waals surface area (Å²) in [6, 6.07) is 0. The van der Waals surface area contributed by atoms with Crippen molar-refractivity contribution in [1.82, 2.24) is 0 Å². The maximum Gasteiger partial charge on any atom is 0.332 e. The van der Waals surface area contributed by atoms with Crippen molar-refractivity contribution in [1.29, 1.82) is 0 Å². The van der Waals surface area contributed by atoms with E-state index in [1.54, 1.807) is 6.92 Å². The van der Waals surface area contributed by atoms with Crippen molar-refractivity contribution in [2.45, 2.75) is 50.4 Å². The average Bonchev–Trinajstić information content (AvgIpc) is 2.30. The van der Waals surface area contributed by atoms with Crippen LogP contribution in [0.15, 0.2) is 0 Å². The number of hydrogen-bond acceptors (Lipinski definition) is 4. The van der Waals surface area contributed by atoms with Gasteiger partial charge in [-0.1, -0.05) is 0 Å². The molecule has 2 fully saturated rings. The lowest BCUT2D eigenvalue weighted by molar-refractivity contribution is -0.185. The van der Waals surface area contributed by atoms with Crippen LogP contribution >= 0.6 is 0 Å². The van der Waals surface area contributed by atoms with E-state index >= 15 is 0 Å². The van der Waals surface area contributed by atoms with Gasteiger partial charge in [-0.2, -0.15) is 0 Å². The summed E-state index contributed by atoms with van der Waals surface area (Å²) in [6.45, 7) is 3.67. The highest BCUT2D eigenvalue weighted by Gasteiger charge is 2.40. The van der Waals surface area contributed by atoms with E-state index in [4.69, 9.17) is 19.3 Å². The summed E-state index contributed by atoms with van der Waals surface area (Å²) in [5, 5.41) is 8.84. The molecule has 1 unspecified atom stereocenters. The Bertz CT molecular complexity index is 267. The van der Waals surface area contributed by atoms with Crippen LogP contribution < -0.4 is 0 Å². The number of carboxylic acids is 1. The molecule has 1 spiro atoms. The highest BCUT2D eigenvalue weighted by Crippen LogP contribution is 2.35. The standard InChI is InChI=1S/C12H20O5/c1-9(11(13)14)17-10-2-5-16-12(8-10)3-6-15-7-4-12/h9-10H,2-8H2,1H3,(H,13,14)/t9-,10?/m0/s1. The number of carbonyl (C=O) groups is 1. The summed E-state index contributed by atoms with van der Waals surface area (Å²) < 4.78 is 16.8. The maximum atomic E-state index is 10.8. The molecule has 1 N–H and O–H groups in total. The molecule has 2 rings (SSSR count). The molecule has 2 aliphatic rings. The molecule has 0 aliphatic carbocycles. The third-order valence-electron chi connectivity index (χ3n) is 3.60. The third kappa shape index (κ3) is 3.18. The van der Waals surface area contributed by atoms with Gasteiger partial charge in [0, 0.05) is 26.2 Å². The topological polar surface area (TPSA) is 65.0 Å². The highest BCUT2D eigenvalue weighted by molar-refractivity contribution is 5.71. The highest BCUT2D eigenvalue weighted by atomic mass is 16.5. The number of ether oxygens (including phenoxy) is 3. The van der Waals surface area contributed by atoms with E-state index < -0.39 is 12.1 Å². The lowest BCUT2D eigenvalue weighted by Crippen LogP contribution is -2.47. The summed E-state index contributed by atoms with van der Waals surface area (Å²) in [5.41, 5.74) is -0.139. The summed E-state index contributed by atoms with van der Waals surface area (Å²) in [6.07, 6.45) is 2.58. The largest absolute Gasteiger partial charge is 0.479 e. The van der Waals surface area contributed by atoms with E-state index in [-0.39, 0.29) is 11.7 Å². The molecule has 0 aromatic carbocycles. The Balaban J connectivity index is 1.90.